The summed E-state index contributed by atoms with van der Waals surface area (Å²) in [5.41, 5.74) is -0.678. The summed E-state index contributed by atoms with van der Waals surface area (Å²) in [5.74, 6) is -2.32. The van der Waals surface area contributed by atoms with Crippen LogP contribution in [0.5, 0.6) is 0 Å². The number of hydrogen-bond acceptors (Lipinski definition) is 3. The number of benzene rings is 1. The summed E-state index contributed by atoms with van der Waals surface area (Å²) in [6, 6.07) is 9.15. The zero-order valence-electron chi connectivity index (χ0n) is 10.2. The fraction of sp³-hybridized carbons (Fsp3) is 0.429. The predicted molar refractivity (Wildman–Crippen MR) is 65.2 cm³/mol. The molecule has 1 aromatic carbocycles. The van der Waals surface area contributed by atoms with Crippen LogP contribution < -0.4 is 0 Å². The minimum absolute atomic E-state index is 0.0271. The van der Waals surface area contributed by atoms with E-state index in [0.717, 1.165) is 5.56 Å². The van der Waals surface area contributed by atoms with E-state index in [1.165, 1.54) is 6.92 Å². The fourth-order valence-corrected chi connectivity index (χ4v) is 2.56. The number of carboxylic acids is 1. The molecular formula is C14H16O4. The van der Waals surface area contributed by atoms with Crippen LogP contribution in [0.15, 0.2) is 30.3 Å². The molecule has 0 aromatic heterocycles. The molecular weight excluding hydrogens is 232 g/mol. The molecule has 3 atom stereocenters. The van der Waals surface area contributed by atoms with Gasteiger partial charge in [-0.15, -0.1) is 0 Å². The first-order valence-electron chi connectivity index (χ1n) is 5.95. The van der Waals surface area contributed by atoms with Crippen molar-refractivity contribution in [3.63, 3.8) is 0 Å². The molecule has 1 saturated carbocycles. The molecule has 0 saturated heterocycles. The third kappa shape index (κ3) is 2.29. The molecule has 0 amide bonds. The number of carbonyl (C=O) groups is 2. The Labute approximate surface area is 105 Å². The summed E-state index contributed by atoms with van der Waals surface area (Å²) in [5, 5.41) is 19.2. The van der Waals surface area contributed by atoms with Gasteiger partial charge in [-0.2, -0.15) is 0 Å². The molecule has 1 fully saturated rings. The van der Waals surface area contributed by atoms with E-state index in [2.05, 4.69) is 0 Å². The molecule has 96 valence electrons. The summed E-state index contributed by atoms with van der Waals surface area (Å²) < 4.78 is 0. The van der Waals surface area contributed by atoms with E-state index >= 15 is 0 Å². The van der Waals surface area contributed by atoms with Gasteiger partial charge in [-0.05, 0) is 18.9 Å². The van der Waals surface area contributed by atoms with E-state index in [0.29, 0.717) is 0 Å². The van der Waals surface area contributed by atoms with Crippen LogP contribution in [0.4, 0.5) is 0 Å². The number of aliphatic hydroxyl groups is 1. The first-order valence-corrected chi connectivity index (χ1v) is 5.95. The largest absolute Gasteiger partial charge is 0.481 e. The van der Waals surface area contributed by atoms with E-state index < -0.39 is 17.5 Å². The van der Waals surface area contributed by atoms with E-state index in [-0.39, 0.29) is 24.5 Å². The zero-order valence-corrected chi connectivity index (χ0v) is 10.2. The van der Waals surface area contributed by atoms with Gasteiger partial charge in [0.15, 0.2) is 5.78 Å². The first-order chi connectivity index (χ1) is 8.42. The first kappa shape index (κ1) is 12.8. The molecule has 3 unspecified atom stereocenters. The van der Waals surface area contributed by atoms with Crippen molar-refractivity contribution < 1.29 is 19.8 Å². The maximum atomic E-state index is 11.8. The van der Waals surface area contributed by atoms with Crippen LogP contribution in [0.1, 0.15) is 31.2 Å². The summed E-state index contributed by atoms with van der Waals surface area (Å²) in [6.45, 7) is 1.40. The lowest BCUT2D eigenvalue weighted by Gasteiger charge is -2.36. The molecule has 2 rings (SSSR count). The molecule has 0 heterocycles. The van der Waals surface area contributed by atoms with Gasteiger partial charge in [0.25, 0.3) is 0 Å². The fourth-order valence-electron chi connectivity index (χ4n) is 2.56. The highest BCUT2D eigenvalue weighted by Gasteiger charge is 2.46. The molecule has 0 radical (unpaired) electrons. The quantitative estimate of drug-likeness (QED) is 0.833. The third-order valence-electron chi connectivity index (χ3n) is 3.65. The Balaban J connectivity index is 2.34. The molecule has 2 N–H and O–H groups in total. The van der Waals surface area contributed by atoms with Gasteiger partial charge >= 0.3 is 5.97 Å². The summed E-state index contributed by atoms with van der Waals surface area (Å²) in [7, 11) is 0. The molecule has 4 nitrogen and oxygen atoms in total. The van der Waals surface area contributed by atoms with E-state index in [1.54, 1.807) is 0 Å². The van der Waals surface area contributed by atoms with Gasteiger partial charge in [0.05, 0.1) is 5.92 Å². The van der Waals surface area contributed by atoms with Crippen LogP contribution >= 0.6 is 0 Å². The average Bonchev–Trinajstić information content (AvgIpc) is 2.33. The predicted octanol–water partition coefficient (Wildman–Crippen LogP) is 1.58. The second kappa shape index (κ2) is 4.53. The highest BCUT2D eigenvalue weighted by molar-refractivity contribution is 5.90. The standard InChI is InChI=1S/C14H16O4/c1-14(18)8-11(13(16)17)10(7-12(14)15)9-5-3-2-4-6-9/h2-6,10-11,18H,7-8H2,1H3,(H,16,17). The van der Waals surface area contributed by atoms with E-state index in [9.17, 15) is 19.8 Å². The highest BCUT2D eigenvalue weighted by Crippen LogP contribution is 2.40. The summed E-state index contributed by atoms with van der Waals surface area (Å²) >= 11 is 0. The lowest BCUT2D eigenvalue weighted by Crippen LogP contribution is -2.46. The number of carboxylic acid groups (broad SMARTS) is 1. The van der Waals surface area contributed by atoms with Crippen molar-refractivity contribution in [2.45, 2.75) is 31.3 Å². The zero-order chi connectivity index (χ0) is 13.3. The molecule has 0 aliphatic heterocycles. The SMILES string of the molecule is CC1(O)CC(C(=O)O)C(c2ccccc2)CC1=O. The maximum Gasteiger partial charge on any atom is 0.307 e. The Bertz CT molecular complexity index is 464. The van der Waals surface area contributed by atoms with Crippen molar-refractivity contribution in [3.05, 3.63) is 35.9 Å². The average molecular weight is 248 g/mol. The van der Waals surface area contributed by atoms with E-state index in [4.69, 9.17) is 0 Å². The lowest BCUT2D eigenvalue weighted by atomic mass is 9.69. The molecule has 1 aliphatic carbocycles. The lowest BCUT2D eigenvalue weighted by molar-refractivity contribution is -0.153. The van der Waals surface area contributed by atoms with Crippen LogP contribution in [0.25, 0.3) is 0 Å². The van der Waals surface area contributed by atoms with E-state index in [1.807, 2.05) is 30.3 Å². The van der Waals surface area contributed by atoms with Crippen molar-refractivity contribution in [3.8, 4) is 0 Å². The van der Waals surface area contributed by atoms with Gasteiger partial charge < -0.3 is 10.2 Å². The number of Topliss-reactive ketones (excluding diaryl/α,β-unsaturated/α-hetero) is 1. The van der Waals surface area contributed by atoms with Gasteiger partial charge in [0.1, 0.15) is 5.60 Å². The topological polar surface area (TPSA) is 74.6 Å². The molecule has 4 heteroatoms. The van der Waals surface area contributed by atoms with Crippen molar-refractivity contribution in [2.75, 3.05) is 0 Å². The van der Waals surface area contributed by atoms with Crippen molar-refractivity contribution in [1.29, 1.82) is 0 Å². The van der Waals surface area contributed by atoms with Gasteiger partial charge in [-0.3, -0.25) is 9.59 Å². The Morgan fingerprint density at radius 2 is 1.94 bits per heavy atom. The normalized spacial score (nSPS) is 32.2. The van der Waals surface area contributed by atoms with Gasteiger partial charge in [0.2, 0.25) is 0 Å². The number of carbonyl (C=O) groups excluding carboxylic acids is 1. The van der Waals surface area contributed by atoms with Crippen LogP contribution in [-0.2, 0) is 9.59 Å². The highest BCUT2D eigenvalue weighted by atomic mass is 16.4. The molecule has 0 bridgehead atoms. The van der Waals surface area contributed by atoms with Crippen molar-refractivity contribution >= 4 is 11.8 Å². The van der Waals surface area contributed by atoms with Crippen molar-refractivity contribution in [1.82, 2.24) is 0 Å². The van der Waals surface area contributed by atoms with Gasteiger partial charge in [-0.25, -0.2) is 0 Å². The summed E-state index contributed by atoms with van der Waals surface area (Å²) in [6.07, 6.45) is 0.0503. The van der Waals surface area contributed by atoms with Gasteiger partial charge in [-0.1, -0.05) is 30.3 Å². The van der Waals surface area contributed by atoms with Gasteiger partial charge in [0, 0.05) is 12.3 Å². The van der Waals surface area contributed by atoms with Crippen molar-refractivity contribution in [2.24, 2.45) is 5.92 Å². The second-order valence-electron chi connectivity index (χ2n) is 5.07. The monoisotopic (exact) mass is 248 g/mol. The molecule has 1 aromatic rings. The Hall–Kier alpha value is -1.68. The molecule has 0 spiro atoms. The maximum absolute atomic E-state index is 11.8. The Kier molecular flexibility index (Phi) is 3.22. The van der Waals surface area contributed by atoms with Crippen LogP contribution in [0.3, 0.4) is 0 Å². The number of hydrogen-bond donors (Lipinski definition) is 2. The number of aliphatic carboxylic acids is 1. The molecule has 1 aliphatic rings. The minimum atomic E-state index is -1.52. The van der Waals surface area contributed by atoms with Crippen LogP contribution in [0.2, 0.25) is 0 Å². The van der Waals surface area contributed by atoms with Crippen LogP contribution in [0, 0.1) is 5.92 Å². The van der Waals surface area contributed by atoms with Crippen LogP contribution in [-0.4, -0.2) is 27.6 Å². The Morgan fingerprint density at radius 1 is 1.33 bits per heavy atom. The minimum Gasteiger partial charge on any atom is -0.481 e. The number of rotatable bonds is 2. The summed E-state index contributed by atoms with van der Waals surface area (Å²) in [4.78, 5) is 23.1. The second-order valence-corrected chi connectivity index (χ2v) is 5.07. The smallest absolute Gasteiger partial charge is 0.307 e. The number of ketones is 1. The molecule has 18 heavy (non-hydrogen) atoms. The third-order valence-corrected chi connectivity index (χ3v) is 3.65. The Morgan fingerprint density at radius 3 is 2.50 bits per heavy atom.